The summed E-state index contributed by atoms with van der Waals surface area (Å²) in [5.74, 6) is -2.05. The van der Waals surface area contributed by atoms with Gasteiger partial charge < -0.3 is 4.90 Å². The number of halogens is 2. The lowest BCUT2D eigenvalue weighted by Gasteiger charge is -2.29. The second kappa shape index (κ2) is 8.17. The van der Waals surface area contributed by atoms with E-state index in [0.29, 0.717) is 16.4 Å². The van der Waals surface area contributed by atoms with Gasteiger partial charge in [0.05, 0.1) is 17.4 Å². The third-order valence-electron chi connectivity index (χ3n) is 6.03. The molecule has 0 spiro atoms. The lowest BCUT2D eigenvalue weighted by molar-refractivity contribution is -0.126. The largest absolute Gasteiger partial charge is 0.378 e. The van der Waals surface area contributed by atoms with E-state index in [9.17, 15) is 14.0 Å². The average molecular weight is 466 g/mol. The van der Waals surface area contributed by atoms with Crippen LogP contribution in [0.2, 0.25) is 5.02 Å². The number of imide groups is 1. The van der Waals surface area contributed by atoms with Crippen LogP contribution in [0.25, 0.3) is 0 Å². The molecule has 2 fully saturated rings. The van der Waals surface area contributed by atoms with Crippen LogP contribution in [0.1, 0.15) is 11.6 Å². The molecule has 2 aliphatic rings. The summed E-state index contributed by atoms with van der Waals surface area (Å²) < 4.78 is 13.4. The number of hydrogen-bond acceptors (Lipinski definition) is 5. The molecule has 6 nitrogen and oxygen atoms in total. The highest BCUT2D eigenvalue weighted by Crippen LogP contribution is 2.47. The summed E-state index contributed by atoms with van der Waals surface area (Å²) in [7, 11) is 3.90. The first-order chi connectivity index (χ1) is 15.8. The predicted octanol–water partition coefficient (Wildman–Crippen LogP) is 4.60. The van der Waals surface area contributed by atoms with Crippen LogP contribution in [0.15, 0.2) is 72.8 Å². The van der Waals surface area contributed by atoms with Gasteiger partial charge in [-0.2, -0.15) is 0 Å². The molecule has 2 amide bonds. The lowest BCUT2D eigenvalue weighted by Crippen LogP contribution is -2.37. The van der Waals surface area contributed by atoms with Crippen molar-refractivity contribution in [3.05, 3.63) is 89.2 Å². The maximum Gasteiger partial charge on any atom is 0.266 e. The molecule has 0 saturated carbocycles. The fourth-order valence-corrected chi connectivity index (χ4v) is 4.51. The predicted molar refractivity (Wildman–Crippen MR) is 125 cm³/mol. The molecule has 33 heavy (non-hydrogen) atoms. The first-order valence-electron chi connectivity index (χ1n) is 10.5. The minimum atomic E-state index is -0.989. The zero-order valence-electron chi connectivity index (χ0n) is 18.0. The molecule has 0 radical (unpaired) electrons. The highest BCUT2D eigenvalue weighted by Gasteiger charge is 2.60. The van der Waals surface area contributed by atoms with Crippen molar-refractivity contribution in [1.82, 2.24) is 0 Å². The number of nitrogens with zero attached hydrogens (tertiary/aromatic N) is 3. The second-order valence-corrected chi connectivity index (χ2v) is 8.71. The van der Waals surface area contributed by atoms with E-state index in [4.69, 9.17) is 16.4 Å². The Bertz CT molecular complexity index is 1200. The molecule has 5 rings (SSSR count). The second-order valence-electron chi connectivity index (χ2n) is 8.27. The van der Waals surface area contributed by atoms with E-state index in [1.165, 1.54) is 24.3 Å². The highest BCUT2D eigenvalue weighted by atomic mass is 35.5. The number of hydroxylamine groups is 1. The Balaban J connectivity index is 1.57. The number of rotatable bonds is 4. The minimum Gasteiger partial charge on any atom is -0.378 e. The number of carbonyl (C=O) groups excluding carboxylic acids is 2. The van der Waals surface area contributed by atoms with E-state index >= 15 is 0 Å². The van der Waals surface area contributed by atoms with Crippen molar-refractivity contribution in [3.8, 4) is 0 Å². The van der Waals surface area contributed by atoms with Gasteiger partial charge >= 0.3 is 0 Å². The summed E-state index contributed by atoms with van der Waals surface area (Å²) >= 11 is 6.05. The molecule has 3 aromatic carbocycles. The van der Waals surface area contributed by atoms with Gasteiger partial charge in [0, 0.05) is 24.8 Å². The third-order valence-corrected chi connectivity index (χ3v) is 6.28. The van der Waals surface area contributed by atoms with Crippen molar-refractivity contribution in [2.75, 3.05) is 29.0 Å². The fraction of sp³-hybridized carbons (Fsp3) is 0.200. The smallest absolute Gasteiger partial charge is 0.266 e. The summed E-state index contributed by atoms with van der Waals surface area (Å²) in [6, 6.07) is 19.6. The molecule has 0 bridgehead atoms. The minimum absolute atomic E-state index is 0.323. The topological polar surface area (TPSA) is 53.1 Å². The molecular weight excluding hydrogens is 445 g/mol. The van der Waals surface area contributed by atoms with Gasteiger partial charge in [-0.25, -0.2) is 14.4 Å². The van der Waals surface area contributed by atoms with Crippen LogP contribution in [0, 0.1) is 11.7 Å². The zero-order chi connectivity index (χ0) is 23.3. The van der Waals surface area contributed by atoms with Gasteiger partial charge in [-0.1, -0.05) is 23.7 Å². The molecular formula is C25H21ClFN3O3. The monoisotopic (exact) mass is 465 g/mol. The summed E-state index contributed by atoms with van der Waals surface area (Å²) in [6.07, 6.45) is -0.989. The molecule has 2 saturated heterocycles. The van der Waals surface area contributed by atoms with Crippen molar-refractivity contribution in [3.63, 3.8) is 0 Å². The van der Waals surface area contributed by atoms with Crippen LogP contribution in [-0.2, 0) is 14.4 Å². The number of anilines is 3. The average Bonchev–Trinajstić information content (AvgIpc) is 3.31. The Labute approximate surface area is 195 Å². The van der Waals surface area contributed by atoms with Gasteiger partial charge in [-0.15, -0.1) is 0 Å². The standard InChI is InChI=1S/C25H21ClFN3O3/c1-28(2)18-9-3-15(4-10-18)22-21-23(33-30(22)20-11-5-16(26)6-12-20)25(32)29(24(21)31)19-13-7-17(27)8-14-19/h3-14,21-23H,1-2H3/t21-,22+,23+/m1/s1. The van der Waals surface area contributed by atoms with E-state index in [-0.39, 0.29) is 5.91 Å². The van der Waals surface area contributed by atoms with Crippen LogP contribution in [0.4, 0.5) is 21.5 Å². The number of fused-ring (bicyclic) bond motifs is 1. The van der Waals surface area contributed by atoms with Crippen LogP contribution in [0.5, 0.6) is 0 Å². The Hall–Kier alpha value is -3.42. The van der Waals surface area contributed by atoms with Crippen molar-refractivity contribution in [1.29, 1.82) is 0 Å². The molecule has 2 aliphatic heterocycles. The van der Waals surface area contributed by atoms with E-state index in [2.05, 4.69) is 0 Å². The van der Waals surface area contributed by atoms with E-state index in [1.54, 1.807) is 29.3 Å². The molecule has 0 unspecified atom stereocenters. The number of benzene rings is 3. The highest BCUT2D eigenvalue weighted by molar-refractivity contribution is 6.30. The van der Waals surface area contributed by atoms with Gasteiger partial charge in [-0.05, 0) is 66.2 Å². The number of amides is 2. The fourth-order valence-electron chi connectivity index (χ4n) is 4.38. The maximum absolute atomic E-state index is 13.5. The van der Waals surface area contributed by atoms with Crippen LogP contribution < -0.4 is 14.9 Å². The van der Waals surface area contributed by atoms with Crippen LogP contribution >= 0.6 is 11.6 Å². The summed E-state index contributed by atoms with van der Waals surface area (Å²) in [6.45, 7) is 0. The van der Waals surface area contributed by atoms with Crippen molar-refractivity contribution >= 4 is 40.5 Å². The Morgan fingerprint density at radius 3 is 2.06 bits per heavy atom. The maximum atomic E-state index is 13.5. The molecule has 3 aromatic rings. The van der Waals surface area contributed by atoms with E-state index < -0.39 is 29.8 Å². The molecule has 3 atom stereocenters. The lowest BCUT2D eigenvalue weighted by atomic mass is 9.90. The van der Waals surface area contributed by atoms with Gasteiger partial charge in [-0.3, -0.25) is 14.4 Å². The first kappa shape index (κ1) is 21.4. The summed E-state index contributed by atoms with van der Waals surface area (Å²) in [4.78, 5) is 36.0. The molecule has 0 aliphatic carbocycles. The SMILES string of the molecule is CN(C)c1ccc([C@H]2[C@H]3C(=O)N(c4ccc(F)cc4)C(=O)[C@H]3ON2c2ccc(Cl)cc2)cc1. The quantitative estimate of drug-likeness (QED) is 0.527. The Morgan fingerprint density at radius 1 is 0.848 bits per heavy atom. The number of carbonyl (C=O) groups is 2. The molecule has 0 aromatic heterocycles. The van der Waals surface area contributed by atoms with Gasteiger partial charge in [0.15, 0.2) is 6.10 Å². The van der Waals surface area contributed by atoms with Crippen molar-refractivity contribution in [2.45, 2.75) is 12.1 Å². The molecule has 8 heteroatoms. The van der Waals surface area contributed by atoms with Crippen molar-refractivity contribution < 1.29 is 18.8 Å². The van der Waals surface area contributed by atoms with Gasteiger partial charge in [0.25, 0.3) is 5.91 Å². The van der Waals surface area contributed by atoms with Gasteiger partial charge in [0.2, 0.25) is 5.91 Å². The Morgan fingerprint density at radius 2 is 1.45 bits per heavy atom. The van der Waals surface area contributed by atoms with Gasteiger partial charge in [0.1, 0.15) is 11.7 Å². The summed E-state index contributed by atoms with van der Waals surface area (Å²) in [5.41, 5.74) is 2.85. The summed E-state index contributed by atoms with van der Waals surface area (Å²) in [5, 5.41) is 2.19. The normalized spacial score (nSPS) is 22.1. The van der Waals surface area contributed by atoms with Crippen LogP contribution in [-0.4, -0.2) is 32.0 Å². The molecule has 168 valence electrons. The third kappa shape index (κ3) is 3.63. The molecule has 0 N–H and O–H groups in total. The van der Waals surface area contributed by atoms with Crippen molar-refractivity contribution in [2.24, 2.45) is 5.92 Å². The van der Waals surface area contributed by atoms with Crippen LogP contribution in [0.3, 0.4) is 0 Å². The molecule has 2 heterocycles. The number of hydrogen-bond donors (Lipinski definition) is 0. The van der Waals surface area contributed by atoms with E-state index in [0.717, 1.165) is 16.2 Å². The Kier molecular flexibility index (Phi) is 5.31. The van der Waals surface area contributed by atoms with E-state index in [1.807, 2.05) is 43.3 Å². The zero-order valence-corrected chi connectivity index (χ0v) is 18.7. The first-order valence-corrected chi connectivity index (χ1v) is 10.8.